The maximum atomic E-state index is 12.2. The van der Waals surface area contributed by atoms with Crippen molar-refractivity contribution in [2.75, 3.05) is 24.3 Å². The van der Waals surface area contributed by atoms with Crippen LogP contribution in [0.4, 0.5) is 10.5 Å². The Hall–Kier alpha value is -1.68. The molecule has 156 valence electrons. The normalized spacial score (nSPS) is 27.0. The van der Waals surface area contributed by atoms with Crippen molar-refractivity contribution in [2.45, 2.75) is 57.5 Å². The summed E-state index contributed by atoms with van der Waals surface area (Å²) in [4.78, 5) is 12.2. The van der Waals surface area contributed by atoms with Crippen LogP contribution < -0.4 is 10.0 Å². The van der Waals surface area contributed by atoms with E-state index in [4.69, 9.17) is 14.2 Å². The summed E-state index contributed by atoms with van der Waals surface area (Å²) in [5.41, 5.74) is 1.82. The van der Waals surface area contributed by atoms with Crippen molar-refractivity contribution in [3.05, 3.63) is 29.8 Å². The number of hydrogen-bond acceptors (Lipinski definition) is 6. The van der Waals surface area contributed by atoms with Gasteiger partial charge in [-0.25, -0.2) is 17.9 Å². The molecule has 1 aromatic carbocycles. The minimum atomic E-state index is -3.37. The molecule has 0 aromatic heterocycles. The average molecular weight is 413 g/mol. The van der Waals surface area contributed by atoms with Crippen molar-refractivity contribution < 1.29 is 27.4 Å². The second-order valence-electron chi connectivity index (χ2n) is 7.48. The van der Waals surface area contributed by atoms with Gasteiger partial charge in [0, 0.05) is 5.69 Å². The highest BCUT2D eigenvalue weighted by Gasteiger charge is 2.50. The van der Waals surface area contributed by atoms with Crippen molar-refractivity contribution in [3.63, 3.8) is 0 Å². The zero-order valence-electron chi connectivity index (χ0n) is 16.4. The first-order chi connectivity index (χ1) is 13.3. The van der Waals surface area contributed by atoms with Gasteiger partial charge in [-0.3, -0.25) is 5.32 Å². The van der Waals surface area contributed by atoms with E-state index in [0.717, 1.165) is 0 Å². The Balaban J connectivity index is 1.53. The SMILES string of the molecule is CCCS(=O)(=O)NC1COC2C(OC(=O)Nc3ccc(C(C)C)cc3)COC12. The lowest BCUT2D eigenvalue weighted by Crippen LogP contribution is -2.45. The molecular weight excluding hydrogens is 384 g/mol. The van der Waals surface area contributed by atoms with Crippen LogP contribution in [-0.4, -0.2) is 57.8 Å². The smallest absolute Gasteiger partial charge is 0.412 e. The van der Waals surface area contributed by atoms with Gasteiger partial charge < -0.3 is 14.2 Å². The molecule has 0 saturated carbocycles. The lowest BCUT2D eigenvalue weighted by molar-refractivity contribution is 0.00883. The standard InChI is InChI=1S/C19H28N2O6S/c1-4-9-28(23,24)21-15-10-25-18-16(11-26-17(15)18)27-19(22)20-14-7-5-13(6-8-14)12(2)3/h5-8,12,15-18,21H,4,9-11H2,1-3H3,(H,20,22). The van der Waals surface area contributed by atoms with E-state index in [-0.39, 0.29) is 19.0 Å². The Morgan fingerprint density at radius 1 is 1.18 bits per heavy atom. The van der Waals surface area contributed by atoms with E-state index in [1.807, 2.05) is 24.3 Å². The fourth-order valence-corrected chi connectivity index (χ4v) is 4.78. The van der Waals surface area contributed by atoms with Gasteiger partial charge in [0.2, 0.25) is 10.0 Å². The van der Waals surface area contributed by atoms with Crippen molar-refractivity contribution >= 4 is 21.8 Å². The molecule has 2 fully saturated rings. The third kappa shape index (κ3) is 5.02. The molecule has 0 aliphatic carbocycles. The number of amides is 1. The summed E-state index contributed by atoms with van der Waals surface area (Å²) >= 11 is 0. The number of ether oxygens (including phenoxy) is 3. The topological polar surface area (TPSA) is 103 Å². The monoisotopic (exact) mass is 412 g/mol. The molecule has 2 N–H and O–H groups in total. The summed E-state index contributed by atoms with van der Waals surface area (Å²) in [6, 6.07) is 7.11. The number of nitrogens with one attached hydrogen (secondary N) is 2. The van der Waals surface area contributed by atoms with Gasteiger partial charge in [0.15, 0.2) is 6.10 Å². The number of benzene rings is 1. The van der Waals surface area contributed by atoms with Crippen LogP contribution in [-0.2, 0) is 24.2 Å². The van der Waals surface area contributed by atoms with E-state index in [1.54, 1.807) is 6.92 Å². The minimum Gasteiger partial charge on any atom is -0.441 e. The van der Waals surface area contributed by atoms with Crippen LogP contribution in [0.3, 0.4) is 0 Å². The van der Waals surface area contributed by atoms with E-state index in [0.29, 0.717) is 18.0 Å². The molecule has 0 radical (unpaired) electrons. The van der Waals surface area contributed by atoms with Gasteiger partial charge in [-0.1, -0.05) is 32.9 Å². The molecule has 28 heavy (non-hydrogen) atoms. The number of carbonyl (C=O) groups is 1. The number of hydrogen-bond donors (Lipinski definition) is 2. The molecule has 4 unspecified atom stereocenters. The van der Waals surface area contributed by atoms with E-state index in [1.165, 1.54) is 5.56 Å². The van der Waals surface area contributed by atoms with Gasteiger partial charge >= 0.3 is 6.09 Å². The van der Waals surface area contributed by atoms with Gasteiger partial charge in [0.1, 0.15) is 12.2 Å². The van der Waals surface area contributed by atoms with Crippen LogP contribution in [0.15, 0.2) is 24.3 Å². The first kappa shape index (κ1) is 21.0. The molecule has 0 bridgehead atoms. The number of fused-ring (bicyclic) bond motifs is 1. The maximum absolute atomic E-state index is 12.2. The highest BCUT2D eigenvalue weighted by molar-refractivity contribution is 7.89. The Morgan fingerprint density at radius 3 is 2.50 bits per heavy atom. The van der Waals surface area contributed by atoms with E-state index in [9.17, 15) is 13.2 Å². The quantitative estimate of drug-likeness (QED) is 0.712. The molecule has 2 heterocycles. The van der Waals surface area contributed by atoms with Gasteiger partial charge in [-0.05, 0) is 30.0 Å². The molecular formula is C19H28N2O6S. The van der Waals surface area contributed by atoms with Crippen molar-refractivity contribution in [1.29, 1.82) is 0 Å². The van der Waals surface area contributed by atoms with E-state index in [2.05, 4.69) is 23.9 Å². The largest absolute Gasteiger partial charge is 0.441 e. The predicted octanol–water partition coefficient (Wildman–Crippen LogP) is 2.22. The van der Waals surface area contributed by atoms with Crippen LogP contribution in [0.1, 0.15) is 38.7 Å². The zero-order chi connectivity index (χ0) is 20.3. The molecule has 1 aromatic rings. The Kier molecular flexibility index (Phi) is 6.59. The van der Waals surface area contributed by atoms with Crippen molar-refractivity contribution in [2.24, 2.45) is 0 Å². The summed E-state index contributed by atoms with van der Waals surface area (Å²) in [5, 5.41) is 2.70. The van der Waals surface area contributed by atoms with Gasteiger partial charge in [-0.2, -0.15) is 0 Å². The van der Waals surface area contributed by atoms with Crippen molar-refractivity contribution in [3.8, 4) is 0 Å². The van der Waals surface area contributed by atoms with Gasteiger partial charge in [0.25, 0.3) is 0 Å². The summed E-state index contributed by atoms with van der Waals surface area (Å²) in [7, 11) is -3.37. The third-order valence-electron chi connectivity index (χ3n) is 4.89. The first-order valence-corrected chi connectivity index (χ1v) is 11.2. The Morgan fingerprint density at radius 2 is 1.86 bits per heavy atom. The molecule has 2 saturated heterocycles. The summed E-state index contributed by atoms with van der Waals surface area (Å²) < 4.78 is 43.4. The highest BCUT2D eigenvalue weighted by Crippen LogP contribution is 2.29. The third-order valence-corrected chi connectivity index (χ3v) is 6.50. The number of sulfonamides is 1. The Bertz CT molecular complexity index is 780. The molecule has 9 heteroatoms. The fraction of sp³-hybridized carbons (Fsp3) is 0.632. The number of anilines is 1. The molecule has 1 amide bonds. The lowest BCUT2D eigenvalue weighted by Gasteiger charge is -2.18. The van der Waals surface area contributed by atoms with Crippen LogP contribution in [0.5, 0.6) is 0 Å². The van der Waals surface area contributed by atoms with Crippen LogP contribution in [0.2, 0.25) is 0 Å². The molecule has 2 aliphatic rings. The Labute approximate surface area is 166 Å². The summed E-state index contributed by atoms with van der Waals surface area (Å²) in [6.07, 6.45) is -1.59. The lowest BCUT2D eigenvalue weighted by atomic mass is 10.0. The minimum absolute atomic E-state index is 0.0544. The molecule has 4 atom stereocenters. The second kappa shape index (κ2) is 8.77. The first-order valence-electron chi connectivity index (χ1n) is 9.60. The molecule has 0 spiro atoms. The van der Waals surface area contributed by atoms with Crippen LogP contribution in [0.25, 0.3) is 0 Å². The van der Waals surface area contributed by atoms with E-state index < -0.39 is 40.5 Å². The zero-order valence-corrected chi connectivity index (χ0v) is 17.2. The molecule has 2 aliphatic heterocycles. The maximum Gasteiger partial charge on any atom is 0.412 e. The summed E-state index contributed by atoms with van der Waals surface area (Å²) in [6.45, 7) is 6.37. The average Bonchev–Trinajstić information content (AvgIpc) is 3.19. The molecule has 3 rings (SSSR count). The van der Waals surface area contributed by atoms with Gasteiger partial charge in [0.05, 0.1) is 25.0 Å². The predicted molar refractivity (Wildman–Crippen MR) is 105 cm³/mol. The second-order valence-corrected chi connectivity index (χ2v) is 9.36. The highest BCUT2D eigenvalue weighted by atomic mass is 32.2. The van der Waals surface area contributed by atoms with Crippen LogP contribution in [0, 0.1) is 0 Å². The van der Waals surface area contributed by atoms with Gasteiger partial charge in [-0.15, -0.1) is 0 Å². The van der Waals surface area contributed by atoms with Crippen molar-refractivity contribution in [1.82, 2.24) is 4.72 Å². The van der Waals surface area contributed by atoms with E-state index >= 15 is 0 Å². The molecule has 8 nitrogen and oxygen atoms in total. The fourth-order valence-electron chi connectivity index (χ4n) is 3.46. The number of rotatable bonds is 7. The summed E-state index contributed by atoms with van der Waals surface area (Å²) in [5.74, 6) is 0.467. The van der Waals surface area contributed by atoms with Crippen LogP contribution >= 0.6 is 0 Å². The number of carbonyl (C=O) groups excluding carboxylic acids is 1.